The minimum absolute atomic E-state index is 0.0590. The van der Waals surface area contributed by atoms with Crippen LogP contribution in [0.1, 0.15) is 10.5 Å². The number of carbonyl (C=O) groups is 1. The van der Waals surface area contributed by atoms with Crippen LogP contribution in [0.4, 0.5) is 0 Å². The van der Waals surface area contributed by atoms with E-state index in [4.69, 9.17) is 5.11 Å². The van der Waals surface area contributed by atoms with E-state index in [0.717, 1.165) is 0 Å². The van der Waals surface area contributed by atoms with Crippen molar-refractivity contribution in [3.05, 3.63) is 30.5 Å². The Labute approximate surface area is 72.8 Å². The summed E-state index contributed by atoms with van der Waals surface area (Å²) in [5.74, 6) is -0.520. The normalized spacial score (nSPS) is 10.2. The molecule has 0 atom stereocenters. The minimum Gasteiger partial charge on any atom is -0.477 e. The van der Waals surface area contributed by atoms with Crippen LogP contribution in [-0.2, 0) is 0 Å². The molecule has 2 aromatic heterocycles. The van der Waals surface area contributed by atoms with Gasteiger partial charge in [0.2, 0.25) is 0 Å². The van der Waals surface area contributed by atoms with Crippen LogP contribution in [0.2, 0.25) is 0 Å². The van der Waals surface area contributed by atoms with Gasteiger partial charge in [-0.05, 0) is 0 Å². The Morgan fingerprint density at radius 1 is 1.62 bits per heavy atom. The molecule has 0 spiro atoms. The number of carboxylic acid groups (broad SMARTS) is 1. The Kier molecular flexibility index (Phi) is 1.59. The Bertz CT molecular complexity index is 417. The molecule has 13 heavy (non-hydrogen) atoms. The number of nitrogens with one attached hydrogen (secondary N) is 1. The smallest absolute Gasteiger partial charge is 0.353 e. The molecule has 6 heteroatoms. The van der Waals surface area contributed by atoms with Crippen molar-refractivity contribution in [2.75, 3.05) is 0 Å². The van der Waals surface area contributed by atoms with Crippen molar-refractivity contribution in [1.82, 2.24) is 19.7 Å². The molecule has 0 radical (unpaired) electrons. The molecule has 66 valence electrons. The lowest BCUT2D eigenvalue weighted by molar-refractivity contribution is 0.0690. The summed E-state index contributed by atoms with van der Waals surface area (Å²) in [7, 11) is 0. The second-order valence-corrected chi connectivity index (χ2v) is 2.41. The van der Waals surface area contributed by atoms with Gasteiger partial charge < -0.3 is 5.11 Å². The maximum absolute atomic E-state index is 10.5. The summed E-state index contributed by atoms with van der Waals surface area (Å²) in [4.78, 5) is 14.3. The first-order valence-electron chi connectivity index (χ1n) is 3.54. The highest BCUT2D eigenvalue weighted by molar-refractivity contribution is 5.85. The average Bonchev–Trinajstić information content (AvgIpc) is 2.75. The molecule has 0 amide bonds. The number of hydrogen-bond donors (Lipinski definition) is 2. The lowest BCUT2D eigenvalue weighted by atomic mass is 10.4. The number of H-pyrrole nitrogens is 1. The molecule has 0 aliphatic rings. The molecule has 0 bridgehead atoms. The Morgan fingerprint density at radius 2 is 2.46 bits per heavy atom. The molecule has 0 fully saturated rings. The van der Waals surface area contributed by atoms with Crippen molar-refractivity contribution >= 4 is 5.97 Å². The largest absolute Gasteiger partial charge is 0.477 e. The Morgan fingerprint density at radius 3 is 3.00 bits per heavy atom. The van der Waals surface area contributed by atoms with Gasteiger partial charge in [-0.3, -0.25) is 9.67 Å². The molecule has 2 heterocycles. The van der Waals surface area contributed by atoms with E-state index in [9.17, 15) is 4.79 Å². The van der Waals surface area contributed by atoms with Crippen LogP contribution in [0.15, 0.2) is 24.8 Å². The van der Waals surface area contributed by atoms with Crippen LogP contribution in [-0.4, -0.2) is 30.8 Å². The number of carboxylic acids is 1. The molecule has 0 unspecified atom stereocenters. The van der Waals surface area contributed by atoms with Crippen LogP contribution >= 0.6 is 0 Å². The van der Waals surface area contributed by atoms with Crippen LogP contribution in [0.25, 0.3) is 5.82 Å². The quantitative estimate of drug-likeness (QED) is 0.692. The van der Waals surface area contributed by atoms with E-state index in [0.29, 0.717) is 5.82 Å². The minimum atomic E-state index is -1.03. The SMILES string of the molecule is O=C(O)c1cc(-n2ccnc2)n[nH]1. The van der Waals surface area contributed by atoms with Crippen LogP contribution in [0.3, 0.4) is 0 Å². The van der Waals surface area contributed by atoms with E-state index in [1.165, 1.54) is 6.07 Å². The Balaban J connectivity index is 2.39. The van der Waals surface area contributed by atoms with Gasteiger partial charge in [-0.15, -0.1) is 0 Å². The van der Waals surface area contributed by atoms with Crippen molar-refractivity contribution in [2.24, 2.45) is 0 Å². The van der Waals surface area contributed by atoms with E-state index < -0.39 is 5.97 Å². The van der Waals surface area contributed by atoms with Crippen molar-refractivity contribution in [1.29, 1.82) is 0 Å². The predicted molar refractivity (Wildman–Crippen MR) is 42.7 cm³/mol. The zero-order valence-electron chi connectivity index (χ0n) is 6.51. The number of aromatic amines is 1. The number of hydrogen-bond acceptors (Lipinski definition) is 3. The molecule has 0 aliphatic carbocycles. The van der Waals surface area contributed by atoms with E-state index in [2.05, 4.69) is 15.2 Å². The molecular formula is C7H6N4O2. The highest BCUT2D eigenvalue weighted by Crippen LogP contribution is 2.04. The number of aromatic nitrogens is 4. The third-order valence-electron chi connectivity index (χ3n) is 1.56. The molecule has 6 nitrogen and oxygen atoms in total. The van der Waals surface area contributed by atoms with Crippen LogP contribution in [0.5, 0.6) is 0 Å². The molecule has 0 saturated heterocycles. The summed E-state index contributed by atoms with van der Waals surface area (Å²) in [5, 5.41) is 14.8. The van der Waals surface area contributed by atoms with Crippen LogP contribution in [0, 0.1) is 0 Å². The molecular weight excluding hydrogens is 172 g/mol. The molecule has 2 N–H and O–H groups in total. The lowest BCUT2D eigenvalue weighted by Gasteiger charge is -1.90. The number of rotatable bonds is 2. The highest BCUT2D eigenvalue weighted by atomic mass is 16.4. The van der Waals surface area contributed by atoms with Gasteiger partial charge in [-0.1, -0.05) is 0 Å². The summed E-state index contributed by atoms with van der Waals surface area (Å²) in [6.45, 7) is 0. The number of aromatic carboxylic acids is 1. The van der Waals surface area contributed by atoms with Gasteiger partial charge in [0.05, 0.1) is 0 Å². The predicted octanol–water partition coefficient (Wildman–Crippen LogP) is 0.294. The zero-order valence-corrected chi connectivity index (χ0v) is 6.51. The maximum Gasteiger partial charge on any atom is 0.353 e. The monoisotopic (exact) mass is 178 g/mol. The van der Waals surface area contributed by atoms with Crippen LogP contribution < -0.4 is 0 Å². The van der Waals surface area contributed by atoms with Gasteiger partial charge >= 0.3 is 5.97 Å². The number of imidazole rings is 1. The fourth-order valence-electron chi connectivity index (χ4n) is 0.948. The van der Waals surface area contributed by atoms with Gasteiger partial charge in [0.25, 0.3) is 0 Å². The second kappa shape index (κ2) is 2.74. The average molecular weight is 178 g/mol. The first kappa shape index (κ1) is 7.53. The highest BCUT2D eigenvalue weighted by Gasteiger charge is 2.07. The van der Waals surface area contributed by atoms with Crippen molar-refractivity contribution < 1.29 is 9.90 Å². The third kappa shape index (κ3) is 1.28. The van der Waals surface area contributed by atoms with E-state index in [1.54, 1.807) is 23.3 Å². The number of nitrogens with zero attached hydrogens (tertiary/aromatic N) is 3. The molecule has 0 aliphatic heterocycles. The summed E-state index contributed by atoms with van der Waals surface area (Å²) >= 11 is 0. The van der Waals surface area contributed by atoms with Crippen molar-refractivity contribution in [3.8, 4) is 5.82 Å². The molecule has 2 rings (SSSR count). The second-order valence-electron chi connectivity index (χ2n) is 2.41. The van der Waals surface area contributed by atoms with E-state index >= 15 is 0 Å². The summed E-state index contributed by atoms with van der Waals surface area (Å²) in [5.41, 5.74) is 0.0590. The summed E-state index contributed by atoms with van der Waals surface area (Å²) in [6.07, 6.45) is 4.82. The summed E-state index contributed by atoms with van der Waals surface area (Å²) < 4.78 is 1.61. The zero-order chi connectivity index (χ0) is 9.26. The van der Waals surface area contributed by atoms with Crippen molar-refractivity contribution in [2.45, 2.75) is 0 Å². The van der Waals surface area contributed by atoms with Gasteiger partial charge in [0.15, 0.2) is 5.82 Å². The van der Waals surface area contributed by atoms with Gasteiger partial charge in [-0.25, -0.2) is 9.78 Å². The molecule has 0 saturated carbocycles. The first-order chi connectivity index (χ1) is 6.27. The first-order valence-corrected chi connectivity index (χ1v) is 3.54. The fourth-order valence-corrected chi connectivity index (χ4v) is 0.948. The molecule has 2 aromatic rings. The Hall–Kier alpha value is -2.11. The van der Waals surface area contributed by atoms with Crippen molar-refractivity contribution in [3.63, 3.8) is 0 Å². The van der Waals surface area contributed by atoms with E-state index in [1.807, 2.05) is 0 Å². The van der Waals surface area contributed by atoms with Gasteiger partial charge in [-0.2, -0.15) is 5.10 Å². The van der Waals surface area contributed by atoms with Gasteiger partial charge in [0, 0.05) is 18.5 Å². The lowest BCUT2D eigenvalue weighted by Crippen LogP contribution is -1.95. The molecule has 0 aromatic carbocycles. The maximum atomic E-state index is 10.5. The standard InChI is InChI=1S/C7H6N4O2/c12-7(13)5-3-6(10-9-5)11-2-1-8-4-11/h1-4H,(H,9,10)(H,12,13). The third-order valence-corrected chi connectivity index (χ3v) is 1.56. The van der Waals surface area contributed by atoms with Gasteiger partial charge in [0.1, 0.15) is 12.0 Å². The topological polar surface area (TPSA) is 83.8 Å². The summed E-state index contributed by atoms with van der Waals surface area (Å²) in [6, 6.07) is 1.43. The fraction of sp³-hybridized carbons (Fsp3) is 0. The van der Waals surface area contributed by atoms with E-state index in [-0.39, 0.29) is 5.69 Å².